The lowest BCUT2D eigenvalue weighted by molar-refractivity contribution is 0.589. The van der Waals surface area contributed by atoms with Gasteiger partial charge in [-0.15, -0.1) is 0 Å². The SMILES string of the molecule is CC(C)(C)c1ccc(CCCCSCCCCc2ccc(C(C)(C)C)cc2)cc1. The molecule has 0 spiro atoms. The van der Waals surface area contributed by atoms with E-state index in [2.05, 4.69) is 102 Å². The molecule has 0 saturated heterocycles. The van der Waals surface area contributed by atoms with E-state index in [0.29, 0.717) is 0 Å². The first-order valence-corrected chi connectivity index (χ1v) is 12.6. The van der Waals surface area contributed by atoms with Crippen molar-refractivity contribution < 1.29 is 0 Å². The summed E-state index contributed by atoms with van der Waals surface area (Å²) in [4.78, 5) is 0. The van der Waals surface area contributed by atoms with Gasteiger partial charge in [-0.2, -0.15) is 11.8 Å². The molecule has 160 valence electrons. The Morgan fingerprint density at radius 3 is 1.17 bits per heavy atom. The van der Waals surface area contributed by atoms with Crippen LogP contribution in [0.1, 0.15) is 89.5 Å². The Hall–Kier alpha value is -1.21. The van der Waals surface area contributed by atoms with Crippen molar-refractivity contribution in [3.05, 3.63) is 70.8 Å². The van der Waals surface area contributed by atoms with Crippen molar-refractivity contribution in [1.29, 1.82) is 0 Å². The molecule has 0 radical (unpaired) electrons. The number of rotatable bonds is 10. The molecule has 1 heteroatoms. The van der Waals surface area contributed by atoms with Crippen molar-refractivity contribution in [1.82, 2.24) is 0 Å². The lowest BCUT2D eigenvalue weighted by Gasteiger charge is -2.19. The van der Waals surface area contributed by atoms with E-state index in [-0.39, 0.29) is 10.8 Å². The second kappa shape index (κ2) is 11.3. The zero-order valence-electron chi connectivity index (χ0n) is 19.7. The summed E-state index contributed by atoms with van der Waals surface area (Å²) in [5.41, 5.74) is 6.35. The van der Waals surface area contributed by atoms with E-state index in [1.54, 1.807) is 0 Å². The molecule has 0 aromatic heterocycles. The van der Waals surface area contributed by atoms with Crippen molar-refractivity contribution in [2.24, 2.45) is 0 Å². The second-order valence-electron chi connectivity index (χ2n) is 10.4. The van der Waals surface area contributed by atoms with E-state index in [1.165, 1.54) is 72.3 Å². The molecule has 2 aromatic rings. The molecule has 0 N–H and O–H groups in total. The molecule has 2 rings (SSSR count). The maximum Gasteiger partial charge on any atom is -0.00674 e. The zero-order valence-corrected chi connectivity index (χ0v) is 20.5. The number of aryl methyl sites for hydroxylation is 2. The van der Waals surface area contributed by atoms with Crippen LogP contribution in [0.2, 0.25) is 0 Å². The average molecular weight is 411 g/mol. The van der Waals surface area contributed by atoms with Crippen LogP contribution in [0, 0.1) is 0 Å². The highest BCUT2D eigenvalue weighted by Crippen LogP contribution is 2.24. The first kappa shape index (κ1) is 24.1. The van der Waals surface area contributed by atoms with Gasteiger partial charge < -0.3 is 0 Å². The summed E-state index contributed by atoms with van der Waals surface area (Å²) >= 11 is 2.14. The van der Waals surface area contributed by atoms with Gasteiger partial charge >= 0.3 is 0 Å². The van der Waals surface area contributed by atoms with Gasteiger partial charge in [0.1, 0.15) is 0 Å². The van der Waals surface area contributed by atoms with Gasteiger partial charge in [0.25, 0.3) is 0 Å². The number of hydrogen-bond donors (Lipinski definition) is 0. The number of benzene rings is 2. The summed E-state index contributed by atoms with van der Waals surface area (Å²) in [6.45, 7) is 13.7. The fourth-order valence-corrected chi connectivity index (χ4v) is 4.53. The molecular weight excluding hydrogens is 368 g/mol. The smallest absolute Gasteiger partial charge is 0.00674 e. The molecule has 2 aromatic carbocycles. The Morgan fingerprint density at radius 1 is 0.517 bits per heavy atom. The Morgan fingerprint density at radius 2 is 0.862 bits per heavy atom. The minimum Gasteiger partial charge on any atom is -0.162 e. The molecule has 0 aliphatic rings. The third kappa shape index (κ3) is 8.99. The summed E-state index contributed by atoms with van der Waals surface area (Å²) in [5.74, 6) is 2.61. The molecule has 0 bridgehead atoms. The van der Waals surface area contributed by atoms with Gasteiger partial charge in [-0.1, -0.05) is 90.1 Å². The Bertz CT molecular complexity index is 632. The highest BCUT2D eigenvalue weighted by molar-refractivity contribution is 7.99. The van der Waals surface area contributed by atoms with Gasteiger partial charge in [0.05, 0.1) is 0 Å². The Balaban J connectivity index is 1.51. The van der Waals surface area contributed by atoms with Crippen molar-refractivity contribution in [2.75, 3.05) is 11.5 Å². The van der Waals surface area contributed by atoms with E-state index in [9.17, 15) is 0 Å². The van der Waals surface area contributed by atoms with Crippen LogP contribution >= 0.6 is 11.8 Å². The molecule has 29 heavy (non-hydrogen) atoms. The number of thioether (sulfide) groups is 1. The third-order valence-corrected chi connectivity index (χ3v) is 6.80. The summed E-state index contributed by atoms with van der Waals surface area (Å²) in [6, 6.07) is 18.5. The highest BCUT2D eigenvalue weighted by atomic mass is 32.2. The predicted molar refractivity (Wildman–Crippen MR) is 133 cm³/mol. The molecular formula is C28H42S. The standard InChI is InChI=1S/C28H42S/c1-27(2,3)25-17-13-23(14-18-25)11-7-9-21-29-22-10-8-12-24-15-19-26(20-16-24)28(4,5)6/h13-20H,7-12,21-22H2,1-6H3. The van der Waals surface area contributed by atoms with E-state index in [0.717, 1.165) is 0 Å². The van der Waals surface area contributed by atoms with Crippen molar-refractivity contribution in [2.45, 2.75) is 90.9 Å². The lowest BCUT2D eigenvalue weighted by atomic mass is 9.86. The fourth-order valence-electron chi connectivity index (χ4n) is 3.51. The summed E-state index contributed by atoms with van der Waals surface area (Å²) in [7, 11) is 0. The van der Waals surface area contributed by atoms with Crippen LogP contribution in [0.3, 0.4) is 0 Å². The van der Waals surface area contributed by atoms with Crippen LogP contribution in [0.4, 0.5) is 0 Å². The Labute approximate surface area is 184 Å². The average Bonchev–Trinajstić information content (AvgIpc) is 2.66. The third-order valence-electron chi connectivity index (χ3n) is 5.65. The number of hydrogen-bond acceptors (Lipinski definition) is 1. The van der Waals surface area contributed by atoms with Gasteiger partial charge in [0, 0.05) is 0 Å². The predicted octanol–water partition coefficient (Wildman–Crippen LogP) is 8.36. The minimum absolute atomic E-state index is 0.255. The van der Waals surface area contributed by atoms with Gasteiger partial charge in [-0.25, -0.2) is 0 Å². The maximum atomic E-state index is 2.32. The fraction of sp³-hybridized carbons (Fsp3) is 0.571. The van der Waals surface area contributed by atoms with Crippen molar-refractivity contribution in [3.63, 3.8) is 0 Å². The summed E-state index contributed by atoms with van der Waals surface area (Å²) in [6.07, 6.45) is 7.72. The second-order valence-corrected chi connectivity index (χ2v) is 11.6. The molecule has 0 fully saturated rings. The zero-order chi connectivity index (χ0) is 21.3. The van der Waals surface area contributed by atoms with E-state index < -0.39 is 0 Å². The van der Waals surface area contributed by atoms with Gasteiger partial charge in [0.15, 0.2) is 0 Å². The summed E-state index contributed by atoms with van der Waals surface area (Å²) in [5, 5.41) is 0. The molecule has 0 unspecified atom stereocenters. The molecule has 0 nitrogen and oxygen atoms in total. The van der Waals surface area contributed by atoms with Gasteiger partial charge in [-0.05, 0) is 83.1 Å². The van der Waals surface area contributed by atoms with Crippen molar-refractivity contribution >= 4 is 11.8 Å². The lowest BCUT2D eigenvalue weighted by Crippen LogP contribution is -2.10. The van der Waals surface area contributed by atoms with Crippen LogP contribution < -0.4 is 0 Å². The highest BCUT2D eigenvalue weighted by Gasteiger charge is 2.13. The van der Waals surface area contributed by atoms with E-state index in [4.69, 9.17) is 0 Å². The van der Waals surface area contributed by atoms with Crippen LogP contribution in [0.15, 0.2) is 48.5 Å². The van der Waals surface area contributed by atoms with Gasteiger partial charge in [-0.3, -0.25) is 0 Å². The van der Waals surface area contributed by atoms with Crippen LogP contribution in [-0.4, -0.2) is 11.5 Å². The van der Waals surface area contributed by atoms with Crippen LogP contribution in [0.25, 0.3) is 0 Å². The normalized spacial score (nSPS) is 12.3. The first-order valence-electron chi connectivity index (χ1n) is 11.4. The van der Waals surface area contributed by atoms with Crippen LogP contribution in [0.5, 0.6) is 0 Å². The Kier molecular flexibility index (Phi) is 9.34. The first-order chi connectivity index (χ1) is 13.7. The molecule has 0 atom stereocenters. The van der Waals surface area contributed by atoms with E-state index >= 15 is 0 Å². The monoisotopic (exact) mass is 410 g/mol. The molecule has 0 saturated carbocycles. The molecule has 0 amide bonds. The van der Waals surface area contributed by atoms with Crippen molar-refractivity contribution in [3.8, 4) is 0 Å². The van der Waals surface area contributed by atoms with Gasteiger partial charge in [0.2, 0.25) is 0 Å². The largest absolute Gasteiger partial charge is 0.162 e. The summed E-state index contributed by atoms with van der Waals surface area (Å²) < 4.78 is 0. The van der Waals surface area contributed by atoms with Crippen LogP contribution in [-0.2, 0) is 23.7 Å². The topological polar surface area (TPSA) is 0 Å². The van der Waals surface area contributed by atoms with E-state index in [1.807, 2.05) is 0 Å². The quantitative estimate of drug-likeness (QED) is 0.354. The minimum atomic E-state index is 0.255. The maximum absolute atomic E-state index is 2.32. The molecule has 0 heterocycles. The molecule has 0 aliphatic carbocycles. The number of unbranched alkanes of at least 4 members (excludes halogenated alkanes) is 2. The molecule has 0 aliphatic heterocycles.